The second-order valence-electron chi connectivity index (χ2n) is 7.82. The Morgan fingerprint density at radius 2 is 1.93 bits per heavy atom. The summed E-state index contributed by atoms with van der Waals surface area (Å²) in [7, 11) is 1.60. The fourth-order valence-corrected chi connectivity index (χ4v) is 3.70. The molecule has 154 valence electrons. The summed E-state index contributed by atoms with van der Waals surface area (Å²) in [5.74, 6) is 0.347. The highest BCUT2D eigenvalue weighted by Crippen LogP contribution is 2.30. The van der Waals surface area contributed by atoms with E-state index in [4.69, 9.17) is 4.74 Å². The molecule has 1 saturated heterocycles. The molecule has 29 heavy (non-hydrogen) atoms. The maximum atomic E-state index is 13.0. The van der Waals surface area contributed by atoms with E-state index in [-0.39, 0.29) is 24.1 Å². The number of amides is 2. The Morgan fingerprint density at radius 3 is 2.66 bits per heavy atom. The Kier molecular flexibility index (Phi) is 6.52. The number of benzene rings is 2. The predicted molar refractivity (Wildman–Crippen MR) is 109 cm³/mol. The smallest absolute Gasteiger partial charge is 0.227 e. The number of methoxy groups -OCH3 is 1. The Balaban J connectivity index is 1.59. The first kappa shape index (κ1) is 20.8. The molecule has 6 heteroatoms. The van der Waals surface area contributed by atoms with Crippen molar-refractivity contribution in [3.8, 4) is 5.75 Å². The van der Waals surface area contributed by atoms with Gasteiger partial charge in [0, 0.05) is 19.6 Å². The van der Waals surface area contributed by atoms with Gasteiger partial charge in [-0.25, -0.2) is 4.39 Å². The van der Waals surface area contributed by atoms with Crippen molar-refractivity contribution in [2.45, 2.75) is 32.7 Å². The normalized spacial score (nSPS) is 18.9. The van der Waals surface area contributed by atoms with Crippen LogP contribution < -0.4 is 10.1 Å². The van der Waals surface area contributed by atoms with E-state index in [1.54, 1.807) is 24.1 Å². The van der Waals surface area contributed by atoms with Crippen LogP contribution in [0.2, 0.25) is 0 Å². The number of piperidine rings is 1. The Labute approximate surface area is 170 Å². The van der Waals surface area contributed by atoms with E-state index in [2.05, 4.69) is 5.32 Å². The number of nitrogens with zero attached hydrogens (tertiary/aromatic N) is 1. The van der Waals surface area contributed by atoms with Gasteiger partial charge < -0.3 is 15.0 Å². The van der Waals surface area contributed by atoms with E-state index in [9.17, 15) is 14.0 Å². The molecular weight excluding hydrogens is 371 g/mol. The highest BCUT2D eigenvalue weighted by atomic mass is 19.1. The molecule has 0 radical (unpaired) electrons. The van der Waals surface area contributed by atoms with E-state index < -0.39 is 5.41 Å². The molecule has 2 amide bonds. The van der Waals surface area contributed by atoms with Crippen molar-refractivity contribution in [2.24, 2.45) is 5.41 Å². The summed E-state index contributed by atoms with van der Waals surface area (Å²) in [6.45, 7) is 3.29. The van der Waals surface area contributed by atoms with E-state index in [0.717, 1.165) is 29.7 Å². The van der Waals surface area contributed by atoms with Gasteiger partial charge in [0.05, 0.1) is 18.9 Å². The summed E-state index contributed by atoms with van der Waals surface area (Å²) in [4.78, 5) is 27.4. The zero-order valence-corrected chi connectivity index (χ0v) is 16.9. The summed E-state index contributed by atoms with van der Waals surface area (Å²) < 4.78 is 18.2. The summed E-state index contributed by atoms with van der Waals surface area (Å²) >= 11 is 0. The van der Waals surface area contributed by atoms with Crippen molar-refractivity contribution < 1.29 is 18.7 Å². The highest BCUT2D eigenvalue weighted by molar-refractivity contribution is 5.84. The van der Waals surface area contributed by atoms with Gasteiger partial charge in [0.1, 0.15) is 11.6 Å². The number of hydrogen-bond acceptors (Lipinski definition) is 3. The third kappa shape index (κ3) is 5.34. The van der Waals surface area contributed by atoms with E-state index in [1.165, 1.54) is 12.1 Å². The Bertz CT molecular complexity index is 869. The van der Waals surface area contributed by atoms with Crippen LogP contribution in [0.1, 0.15) is 30.9 Å². The average molecular weight is 398 g/mol. The molecule has 3 rings (SSSR count). The van der Waals surface area contributed by atoms with Crippen molar-refractivity contribution in [1.29, 1.82) is 0 Å². The van der Waals surface area contributed by atoms with Crippen LogP contribution >= 0.6 is 0 Å². The van der Waals surface area contributed by atoms with Crippen molar-refractivity contribution in [3.05, 3.63) is 65.5 Å². The van der Waals surface area contributed by atoms with Gasteiger partial charge in [0.25, 0.3) is 0 Å². The molecule has 0 aliphatic carbocycles. The molecule has 0 saturated carbocycles. The summed E-state index contributed by atoms with van der Waals surface area (Å²) in [6.07, 6.45) is 1.79. The summed E-state index contributed by atoms with van der Waals surface area (Å²) in [5.41, 5.74) is 1.09. The van der Waals surface area contributed by atoms with Gasteiger partial charge >= 0.3 is 0 Å². The first-order chi connectivity index (χ1) is 13.9. The molecule has 0 bridgehead atoms. The van der Waals surface area contributed by atoms with Crippen LogP contribution in [0.5, 0.6) is 5.75 Å². The number of ether oxygens (including phenoxy) is 1. The minimum atomic E-state index is -0.637. The van der Waals surface area contributed by atoms with Gasteiger partial charge in [0.15, 0.2) is 0 Å². The van der Waals surface area contributed by atoms with E-state index in [0.29, 0.717) is 19.6 Å². The number of hydrogen-bond donors (Lipinski definition) is 1. The van der Waals surface area contributed by atoms with Crippen LogP contribution in [-0.2, 0) is 22.6 Å². The number of halogens is 1. The van der Waals surface area contributed by atoms with Gasteiger partial charge in [-0.2, -0.15) is 0 Å². The highest BCUT2D eigenvalue weighted by Gasteiger charge is 2.39. The second kappa shape index (κ2) is 9.07. The molecule has 1 aliphatic rings. The molecule has 2 aromatic carbocycles. The van der Waals surface area contributed by atoms with Crippen molar-refractivity contribution in [1.82, 2.24) is 10.2 Å². The van der Waals surface area contributed by atoms with Crippen LogP contribution in [-0.4, -0.2) is 36.9 Å². The fraction of sp³-hybridized carbons (Fsp3) is 0.391. The molecule has 1 atom stereocenters. The SMILES string of the molecule is COc1cccc(CC(=O)N2CCC[C@@](C)(C(=O)NCc3ccc(F)cc3)C2)c1. The minimum Gasteiger partial charge on any atom is -0.497 e. The topological polar surface area (TPSA) is 58.6 Å². The lowest BCUT2D eigenvalue weighted by Crippen LogP contribution is -2.52. The molecule has 1 heterocycles. The third-order valence-corrected chi connectivity index (χ3v) is 5.45. The molecule has 1 fully saturated rings. The second-order valence-corrected chi connectivity index (χ2v) is 7.82. The Hall–Kier alpha value is -2.89. The van der Waals surface area contributed by atoms with Gasteiger partial charge in [-0.1, -0.05) is 24.3 Å². The van der Waals surface area contributed by atoms with Crippen molar-refractivity contribution >= 4 is 11.8 Å². The average Bonchev–Trinajstić information content (AvgIpc) is 2.73. The van der Waals surface area contributed by atoms with Gasteiger partial charge in [0.2, 0.25) is 11.8 Å². The molecule has 1 N–H and O–H groups in total. The van der Waals surface area contributed by atoms with E-state index in [1.807, 2.05) is 31.2 Å². The lowest BCUT2D eigenvalue weighted by atomic mass is 9.80. The monoisotopic (exact) mass is 398 g/mol. The lowest BCUT2D eigenvalue weighted by molar-refractivity contribution is -0.140. The van der Waals surface area contributed by atoms with Gasteiger partial charge in [-0.05, 0) is 55.2 Å². The fourth-order valence-electron chi connectivity index (χ4n) is 3.70. The zero-order chi connectivity index (χ0) is 20.9. The van der Waals surface area contributed by atoms with Crippen molar-refractivity contribution in [2.75, 3.05) is 20.2 Å². The molecule has 0 spiro atoms. The van der Waals surface area contributed by atoms with Crippen molar-refractivity contribution in [3.63, 3.8) is 0 Å². The first-order valence-electron chi connectivity index (χ1n) is 9.83. The van der Waals surface area contributed by atoms with Crippen LogP contribution in [0.4, 0.5) is 4.39 Å². The molecular formula is C23H27FN2O3. The first-order valence-corrected chi connectivity index (χ1v) is 9.83. The molecule has 5 nitrogen and oxygen atoms in total. The predicted octanol–water partition coefficient (Wildman–Crippen LogP) is 3.32. The van der Waals surface area contributed by atoms with Crippen LogP contribution in [0.3, 0.4) is 0 Å². The van der Waals surface area contributed by atoms with Crippen LogP contribution in [0, 0.1) is 11.2 Å². The van der Waals surface area contributed by atoms with Gasteiger partial charge in [-0.3, -0.25) is 9.59 Å². The molecule has 1 aliphatic heterocycles. The molecule has 0 unspecified atom stereocenters. The largest absolute Gasteiger partial charge is 0.497 e. The molecule has 0 aromatic heterocycles. The maximum absolute atomic E-state index is 13.0. The summed E-state index contributed by atoms with van der Waals surface area (Å²) in [6, 6.07) is 13.5. The minimum absolute atomic E-state index is 0.00973. The number of carbonyl (C=O) groups is 2. The lowest BCUT2D eigenvalue weighted by Gasteiger charge is -2.39. The number of carbonyl (C=O) groups excluding carboxylic acids is 2. The number of likely N-dealkylation sites (tertiary alicyclic amines) is 1. The number of nitrogens with one attached hydrogen (secondary N) is 1. The molecule has 2 aromatic rings. The summed E-state index contributed by atoms with van der Waals surface area (Å²) in [5, 5.41) is 2.94. The standard InChI is InChI=1S/C23H27FN2O3/c1-23(22(28)25-15-17-7-9-19(24)10-8-17)11-4-12-26(16-23)21(27)14-18-5-3-6-20(13-18)29-2/h3,5-10,13H,4,11-12,14-16H2,1-2H3,(H,25,28)/t23-/m1/s1. The van der Waals surface area contributed by atoms with Gasteiger partial charge in [-0.15, -0.1) is 0 Å². The third-order valence-electron chi connectivity index (χ3n) is 5.45. The van der Waals surface area contributed by atoms with Crippen LogP contribution in [0.15, 0.2) is 48.5 Å². The maximum Gasteiger partial charge on any atom is 0.227 e. The number of rotatable bonds is 6. The van der Waals surface area contributed by atoms with E-state index >= 15 is 0 Å². The Morgan fingerprint density at radius 1 is 1.17 bits per heavy atom. The zero-order valence-electron chi connectivity index (χ0n) is 16.9. The quantitative estimate of drug-likeness (QED) is 0.812. The van der Waals surface area contributed by atoms with Crippen LogP contribution in [0.25, 0.3) is 0 Å².